The van der Waals surface area contributed by atoms with Gasteiger partial charge in [-0.1, -0.05) is 32.8 Å². The second-order valence-corrected chi connectivity index (χ2v) is 6.37. The lowest BCUT2D eigenvalue weighted by molar-refractivity contribution is 0.217. The van der Waals surface area contributed by atoms with Gasteiger partial charge in [0.25, 0.3) is 0 Å². The van der Waals surface area contributed by atoms with Crippen LogP contribution in [0.5, 0.6) is 5.75 Å². The molecule has 1 unspecified atom stereocenters. The molecule has 0 amide bonds. The number of benzene rings is 1. The van der Waals surface area contributed by atoms with E-state index < -0.39 is 0 Å². The second-order valence-electron chi connectivity index (χ2n) is 6.37. The lowest BCUT2D eigenvalue weighted by Crippen LogP contribution is -2.20. The third-order valence-corrected chi connectivity index (χ3v) is 4.48. The standard InChI is InChI=1S/C18H29NO/c1-4-15(3)20-18-7-5-6-17(12-18)19-13-16-10-8-14(2)9-11-16/h5-7,12,14-16,19H,4,8-11,13H2,1-3H3. The first-order valence-electron chi connectivity index (χ1n) is 8.18. The van der Waals surface area contributed by atoms with Crippen molar-refractivity contribution in [2.45, 2.75) is 59.0 Å². The molecule has 2 nitrogen and oxygen atoms in total. The maximum absolute atomic E-state index is 5.87. The van der Waals surface area contributed by atoms with Gasteiger partial charge < -0.3 is 10.1 Å². The minimum atomic E-state index is 0.282. The molecule has 0 radical (unpaired) electrons. The van der Waals surface area contributed by atoms with Crippen LogP contribution >= 0.6 is 0 Å². The van der Waals surface area contributed by atoms with Crippen molar-refractivity contribution < 1.29 is 4.74 Å². The molecule has 1 aliphatic carbocycles. The third-order valence-electron chi connectivity index (χ3n) is 4.48. The van der Waals surface area contributed by atoms with Crippen LogP contribution in [0.3, 0.4) is 0 Å². The summed E-state index contributed by atoms with van der Waals surface area (Å²) in [4.78, 5) is 0. The van der Waals surface area contributed by atoms with E-state index in [1.54, 1.807) is 0 Å². The lowest BCUT2D eigenvalue weighted by atomic mass is 9.83. The molecule has 1 atom stereocenters. The molecule has 1 saturated carbocycles. The van der Waals surface area contributed by atoms with E-state index in [1.165, 1.54) is 31.4 Å². The van der Waals surface area contributed by atoms with Crippen molar-refractivity contribution in [2.24, 2.45) is 11.8 Å². The van der Waals surface area contributed by atoms with E-state index in [2.05, 4.69) is 44.3 Å². The van der Waals surface area contributed by atoms with Gasteiger partial charge in [-0.15, -0.1) is 0 Å². The van der Waals surface area contributed by atoms with Crippen LogP contribution in [0.15, 0.2) is 24.3 Å². The van der Waals surface area contributed by atoms with Crippen molar-refractivity contribution in [3.8, 4) is 5.75 Å². The fourth-order valence-electron chi connectivity index (χ4n) is 2.79. The van der Waals surface area contributed by atoms with E-state index >= 15 is 0 Å². The van der Waals surface area contributed by atoms with E-state index in [0.717, 1.165) is 30.6 Å². The maximum Gasteiger partial charge on any atom is 0.121 e. The van der Waals surface area contributed by atoms with Crippen molar-refractivity contribution in [1.82, 2.24) is 0 Å². The van der Waals surface area contributed by atoms with Crippen LogP contribution in [0, 0.1) is 11.8 Å². The van der Waals surface area contributed by atoms with Gasteiger partial charge in [0, 0.05) is 18.3 Å². The van der Waals surface area contributed by atoms with Gasteiger partial charge in [-0.2, -0.15) is 0 Å². The molecule has 0 spiro atoms. The van der Waals surface area contributed by atoms with Gasteiger partial charge in [-0.3, -0.25) is 0 Å². The summed E-state index contributed by atoms with van der Waals surface area (Å²) < 4.78 is 5.87. The molecule has 1 aliphatic rings. The highest BCUT2D eigenvalue weighted by atomic mass is 16.5. The fourth-order valence-corrected chi connectivity index (χ4v) is 2.79. The molecule has 1 N–H and O–H groups in total. The van der Waals surface area contributed by atoms with Gasteiger partial charge >= 0.3 is 0 Å². The smallest absolute Gasteiger partial charge is 0.121 e. The summed E-state index contributed by atoms with van der Waals surface area (Å²) in [5.74, 6) is 2.74. The summed E-state index contributed by atoms with van der Waals surface area (Å²) >= 11 is 0. The average molecular weight is 275 g/mol. The molecular weight excluding hydrogens is 246 g/mol. The Morgan fingerprint density at radius 2 is 2.00 bits per heavy atom. The van der Waals surface area contributed by atoms with Crippen LogP contribution in [0.25, 0.3) is 0 Å². The van der Waals surface area contributed by atoms with E-state index in [-0.39, 0.29) is 6.10 Å². The SMILES string of the molecule is CCC(C)Oc1cccc(NCC2CCC(C)CC2)c1. The van der Waals surface area contributed by atoms with Gasteiger partial charge in [0.2, 0.25) is 0 Å². The molecule has 112 valence electrons. The van der Waals surface area contributed by atoms with E-state index in [1.807, 2.05) is 6.07 Å². The van der Waals surface area contributed by atoms with Crippen LogP contribution in [0.2, 0.25) is 0 Å². The molecule has 0 aromatic heterocycles. The first kappa shape index (κ1) is 15.2. The van der Waals surface area contributed by atoms with Gasteiger partial charge in [-0.25, -0.2) is 0 Å². The maximum atomic E-state index is 5.87. The van der Waals surface area contributed by atoms with Crippen LogP contribution in [0.4, 0.5) is 5.69 Å². The largest absolute Gasteiger partial charge is 0.491 e. The zero-order valence-corrected chi connectivity index (χ0v) is 13.2. The Morgan fingerprint density at radius 1 is 1.25 bits per heavy atom. The zero-order valence-electron chi connectivity index (χ0n) is 13.2. The predicted molar refractivity (Wildman–Crippen MR) is 86.4 cm³/mol. The number of ether oxygens (including phenoxy) is 1. The summed E-state index contributed by atoms with van der Waals surface area (Å²) in [5, 5.41) is 3.58. The summed E-state index contributed by atoms with van der Waals surface area (Å²) in [5.41, 5.74) is 1.18. The lowest BCUT2D eigenvalue weighted by Gasteiger charge is -2.26. The molecule has 20 heavy (non-hydrogen) atoms. The number of anilines is 1. The molecule has 1 aromatic carbocycles. The summed E-state index contributed by atoms with van der Waals surface area (Å²) in [7, 11) is 0. The molecule has 1 aromatic rings. The minimum Gasteiger partial charge on any atom is -0.491 e. The number of nitrogens with one attached hydrogen (secondary N) is 1. The summed E-state index contributed by atoms with van der Waals surface area (Å²) in [6.45, 7) is 7.74. The number of hydrogen-bond donors (Lipinski definition) is 1. The average Bonchev–Trinajstić information content (AvgIpc) is 2.47. The highest BCUT2D eigenvalue weighted by Crippen LogP contribution is 2.28. The van der Waals surface area contributed by atoms with Crippen molar-refractivity contribution in [3.63, 3.8) is 0 Å². The van der Waals surface area contributed by atoms with Crippen molar-refractivity contribution in [1.29, 1.82) is 0 Å². The second kappa shape index (κ2) is 7.56. The minimum absolute atomic E-state index is 0.282. The quantitative estimate of drug-likeness (QED) is 0.779. The third kappa shape index (κ3) is 4.73. The highest BCUT2D eigenvalue weighted by Gasteiger charge is 2.17. The Hall–Kier alpha value is -1.18. The Bertz CT molecular complexity index is 396. The Kier molecular flexibility index (Phi) is 5.75. The Morgan fingerprint density at radius 3 is 2.70 bits per heavy atom. The molecule has 0 saturated heterocycles. The van der Waals surface area contributed by atoms with Crippen LogP contribution < -0.4 is 10.1 Å². The molecule has 0 bridgehead atoms. The number of hydrogen-bond acceptors (Lipinski definition) is 2. The normalized spacial score (nSPS) is 24.1. The number of rotatable bonds is 6. The predicted octanol–water partition coefficient (Wildman–Crippen LogP) is 5.10. The monoisotopic (exact) mass is 275 g/mol. The first-order chi connectivity index (χ1) is 9.67. The topological polar surface area (TPSA) is 21.3 Å². The van der Waals surface area contributed by atoms with Crippen LogP contribution in [-0.4, -0.2) is 12.6 Å². The molecule has 1 fully saturated rings. The Balaban J connectivity index is 1.82. The summed E-state index contributed by atoms with van der Waals surface area (Å²) in [6.07, 6.45) is 6.85. The Labute approximate surface area is 123 Å². The molecule has 0 aliphatic heterocycles. The molecular formula is C18H29NO. The fraction of sp³-hybridized carbons (Fsp3) is 0.667. The van der Waals surface area contributed by atoms with Crippen molar-refractivity contribution in [3.05, 3.63) is 24.3 Å². The van der Waals surface area contributed by atoms with E-state index in [4.69, 9.17) is 4.74 Å². The molecule has 2 rings (SSSR count). The zero-order chi connectivity index (χ0) is 14.4. The van der Waals surface area contributed by atoms with Crippen molar-refractivity contribution >= 4 is 5.69 Å². The first-order valence-corrected chi connectivity index (χ1v) is 8.18. The molecule has 0 heterocycles. The van der Waals surface area contributed by atoms with E-state index in [9.17, 15) is 0 Å². The van der Waals surface area contributed by atoms with E-state index in [0.29, 0.717) is 0 Å². The van der Waals surface area contributed by atoms with Crippen LogP contribution in [0.1, 0.15) is 52.9 Å². The van der Waals surface area contributed by atoms with Gasteiger partial charge in [-0.05, 0) is 50.2 Å². The van der Waals surface area contributed by atoms with Crippen molar-refractivity contribution in [2.75, 3.05) is 11.9 Å². The van der Waals surface area contributed by atoms with Crippen LogP contribution in [-0.2, 0) is 0 Å². The molecule has 2 heteroatoms. The highest BCUT2D eigenvalue weighted by molar-refractivity contribution is 5.48. The van der Waals surface area contributed by atoms with Gasteiger partial charge in [0.05, 0.1) is 6.10 Å². The van der Waals surface area contributed by atoms with Gasteiger partial charge in [0.15, 0.2) is 0 Å². The summed E-state index contributed by atoms with van der Waals surface area (Å²) in [6, 6.07) is 8.37. The van der Waals surface area contributed by atoms with Gasteiger partial charge in [0.1, 0.15) is 5.75 Å².